The second-order valence-corrected chi connectivity index (χ2v) is 4.72. The summed E-state index contributed by atoms with van der Waals surface area (Å²) in [7, 11) is 0. The molecule has 1 aromatic carbocycles. The van der Waals surface area contributed by atoms with Gasteiger partial charge in [0.2, 0.25) is 5.91 Å². The molecule has 0 aliphatic carbocycles. The number of anilines is 1. The van der Waals surface area contributed by atoms with Crippen molar-refractivity contribution in [1.82, 2.24) is 10.2 Å². The number of carbonyl (C=O) groups is 2. The van der Waals surface area contributed by atoms with E-state index in [1.54, 1.807) is 24.3 Å². The monoisotopic (exact) mass is 261 g/mol. The Bertz CT molecular complexity index is 474. The van der Waals surface area contributed by atoms with Crippen molar-refractivity contribution in [2.45, 2.75) is 19.3 Å². The van der Waals surface area contributed by atoms with Crippen LogP contribution in [0.25, 0.3) is 0 Å². The third-order valence-electron chi connectivity index (χ3n) is 3.21. The second-order valence-electron chi connectivity index (χ2n) is 4.72. The van der Waals surface area contributed by atoms with Gasteiger partial charge in [-0.05, 0) is 31.0 Å². The molecule has 0 atom stereocenters. The van der Waals surface area contributed by atoms with Crippen molar-refractivity contribution >= 4 is 17.5 Å². The zero-order valence-electron chi connectivity index (χ0n) is 10.9. The minimum atomic E-state index is -0.125. The van der Waals surface area contributed by atoms with Crippen molar-refractivity contribution in [3.63, 3.8) is 0 Å². The van der Waals surface area contributed by atoms with Gasteiger partial charge in [0.1, 0.15) is 0 Å². The van der Waals surface area contributed by atoms with Gasteiger partial charge in [-0.15, -0.1) is 0 Å². The Morgan fingerprint density at radius 3 is 2.95 bits per heavy atom. The summed E-state index contributed by atoms with van der Waals surface area (Å²) in [4.78, 5) is 25.0. The standard InChI is InChI=1S/C14H19N3O2/c15-12-5-1-4-11(10-12)14(19)16-7-3-9-17-8-2-6-13(17)18/h1,4-5,10H,2-3,6-9,15H2,(H,16,19). The number of rotatable bonds is 5. The summed E-state index contributed by atoms with van der Waals surface area (Å²) in [5.74, 6) is 0.0993. The van der Waals surface area contributed by atoms with E-state index in [2.05, 4.69) is 5.32 Å². The molecule has 5 nitrogen and oxygen atoms in total. The first-order chi connectivity index (χ1) is 9.16. The number of nitrogens with one attached hydrogen (secondary N) is 1. The van der Waals surface area contributed by atoms with Gasteiger partial charge >= 0.3 is 0 Å². The van der Waals surface area contributed by atoms with Crippen LogP contribution in [-0.2, 0) is 4.79 Å². The minimum absolute atomic E-state index is 0.125. The molecular formula is C14H19N3O2. The number of nitrogen functional groups attached to an aromatic ring is 1. The van der Waals surface area contributed by atoms with E-state index in [9.17, 15) is 9.59 Å². The number of hydrogen-bond donors (Lipinski definition) is 2. The number of nitrogens with zero attached hydrogens (tertiary/aromatic N) is 1. The summed E-state index contributed by atoms with van der Waals surface area (Å²) >= 11 is 0. The molecule has 0 spiro atoms. The van der Waals surface area contributed by atoms with Crippen LogP contribution < -0.4 is 11.1 Å². The van der Waals surface area contributed by atoms with Gasteiger partial charge in [-0.2, -0.15) is 0 Å². The number of nitrogens with two attached hydrogens (primary N) is 1. The van der Waals surface area contributed by atoms with Gasteiger partial charge in [-0.3, -0.25) is 9.59 Å². The van der Waals surface area contributed by atoms with Crippen LogP contribution in [0.15, 0.2) is 24.3 Å². The van der Waals surface area contributed by atoms with Crippen molar-refractivity contribution in [3.05, 3.63) is 29.8 Å². The molecule has 5 heteroatoms. The van der Waals surface area contributed by atoms with Gasteiger partial charge in [0.15, 0.2) is 0 Å². The van der Waals surface area contributed by atoms with Gasteiger partial charge < -0.3 is 16.0 Å². The zero-order valence-corrected chi connectivity index (χ0v) is 10.9. The Morgan fingerprint density at radius 1 is 1.42 bits per heavy atom. The van der Waals surface area contributed by atoms with Crippen LogP contribution >= 0.6 is 0 Å². The van der Waals surface area contributed by atoms with E-state index < -0.39 is 0 Å². The van der Waals surface area contributed by atoms with Gasteiger partial charge in [0.05, 0.1) is 0 Å². The first-order valence-electron chi connectivity index (χ1n) is 6.58. The van der Waals surface area contributed by atoms with Crippen molar-refractivity contribution in [3.8, 4) is 0 Å². The molecule has 19 heavy (non-hydrogen) atoms. The fourth-order valence-electron chi connectivity index (χ4n) is 2.19. The van der Waals surface area contributed by atoms with E-state index in [4.69, 9.17) is 5.73 Å². The number of amides is 2. The van der Waals surface area contributed by atoms with Gasteiger partial charge in [-0.1, -0.05) is 6.07 Å². The van der Waals surface area contributed by atoms with Crippen LogP contribution in [0.1, 0.15) is 29.6 Å². The Labute approximate surface area is 112 Å². The summed E-state index contributed by atoms with van der Waals surface area (Å²) in [5, 5.41) is 2.83. The molecule has 3 N–H and O–H groups in total. The van der Waals surface area contributed by atoms with Gasteiger partial charge in [0.25, 0.3) is 5.91 Å². The first kappa shape index (κ1) is 13.4. The van der Waals surface area contributed by atoms with Crippen LogP contribution in [-0.4, -0.2) is 36.3 Å². The fraction of sp³-hybridized carbons (Fsp3) is 0.429. The highest BCUT2D eigenvalue weighted by atomic mass is 16.2. The van der Waals surface area contributed by atoms with Crippen LogP contribution in [0.3, 0.4) is 0 Å². The lowest BCUT2D eigenvalue weighted by atomic mass is 10.2. The molecule has 1 aliphatic rings. The maximum absolute atomic E-state index is 11.8. The Hall–Kier alpha value is -2.04. The summed E-state index contributed by atoms with van der Waals surface area (Å²) in [6.07, 6.45) is 2.39. The lowest BCUT2D eigenvalue weighted by molar-refractivity contribution is -0.127. The zero-order chi connectivity index (χ0) is 13.7. The van der Waals surface area contributed by atoms with E-state index in [1.165, 1.54) is 0 Å². The summed E-state index contributed by atoms with van der Waals surface area (Å²) < 4.78 is 0. The van der Waals surface area contributed by atoms with E-state index >= 15 is 0 Å². The second kappa shape index (κ2) is 6.22. The molecule has 0 aromatic heterocycles. The van der Waals surface area contributed by atoms with Crippen LogP contribution in [0.2, 0.25) is 0 Å². The van der Waals surface area contributed by atoms with E-state index in [-0.39, 0.29) is 11.8 Å². The van der Waals surface area contributed by atoms with E-state index in [0.717, 1.165) is 25.9 Å². The molecule has 2 rings (SSSR count). The number of benzene rings is 1. The predicted octanol–water partition coefficient (Wildman–Crippen LogP) is 1.01. The van der Waals surface area contributed by atoms with Gasteiger partial charge in [0, 0.05) is 37.3 Å². The molecular weight excluding hydrogens is 242 g/mol. The topological polar surface area (TPSA) is 75.4 Å². The van der Waals surface area contributed by atoms with Crippen molar-refractivity contribution < 1.29 is 9.59 Å². The summed E-state index contributed by atoms with van der Waals surface area (Å²) in [6, 6.07) is 6.89. The molecule has 0 unspecified atom stereocenters. The predicted molar refractivity (Wildman–Crippen MR) is 73.6 cm³/mol. The number of hydrogen-bond acceptors (Lipinski definition) is 3. The largest absolute Gasteiger partial charge is 0.399 e. The molecule has 0 radical (unpaired) electrons. The quantitative estimate of drug-likeness (QED) is 0.613. The average Bonchev–Trinajstić information content (AvgIpc) is 2.80. The van der Waals surface area contributed by atoms with Crippen molar-refractivity contribution in [2.24, 2.45) is 0 Å². The normalized spacial score (nSPS) is 14.7. The Morgan fingerprint density at radius 2 is 2.26 bits per heavy atom. The maximum atomic E-state index is 11.8. The number of likely N-dealkylation sites (tertiary alicyclic amines) is 1. The molecule has 102 valence electrons. The Kier molecular flexibility index (Phi) is 4.39. The van der Waals surface area contributed by atoms with Crippen LogP contribution in [0.5, 0.6) is 0 Å². The average molecular weight is 261 g/mol. The van der Waals surface area contributed by atoms with E-state index in [0.29, 0.717) is 24.2 Å². The third-order valence-corrected chi connectivity index (χ3v) is 3.21. The van der Waals surface area contributed by atoms with Gasteiger partial charge in [-0.25, -0.2) is 0 Å². The smallest absolute Gasteiger partial charge is 0.251 e. The van der Waals surface area contributed by atoms with Crippen LogP contribution in [0.4, 0.5) is 5.69 Å². The molecule has 1 saturated heterocycles. The highest BCUT2D eigenvalue weighted by Gasteiger charge is 2.19. The molecule has 1 aromatic rings. The summed E-state index contributed by atoms with van der Waals surface area (Å²) in [5.41, 5.74) is 6.77. The van der Waals surface area contributed by atoms with Crippen molar-refractivity contribution in [2.75, 3.05) is 25.4 Å². The maximum Gasteiger partial charge on any atom is 0.251 e. The highest BCUT2D eigenvalue weighted by Crippen LogP contribution is 2.09. The lowest BCUT2D eigenvalue weighted by Gasteiger charge is -2.15. The summed E-state index contributed by atoms with van der Waals surface area (Å²) in [6.45, 7) is 2.13. The number of carbonyl (C=O) groups excluding carboxylic acids is 2. The molecule has 1 fully saturated rings. The lowest BCUT2D eigenvalue weighted by Crippen LogP contribution is -2.30. The highest BCUT2D eigenvalue weighted by molar-refractivity contribution is 5.94. The molecule has 0 saturated carbocycles. The molecule has 1 heterocycles. The Balaban J connectivity index is 1.71. The third kappa shape index (κ3) is 3.71. The molecule has 0 bridgehead atoms. The molecule has 2 amide bonds. The van der Waals surface area contributed by atoms with Crippen molar-refractivity contribution in [1.29, 1.82) is 0 Å². The SMILES string of the molecule is Nc1cccc(C(=O)NCCCN2CCCC2=O)c1. The molecule has 1 aliphatic heterocycles. The van der Waals surface area contributed by atoms with Crippen LogP contribution in [0, 0.1) is 0 Å². The first-order valence-corrected chi connectivity index (χ1v) is 6.58. The van der Waals surface area contributed by atoms with E-state index in [1.807, 2.05) is 4.90 Å². The fourth-order valence-corrected chi connectivity index (χ4v) is 2.19. The minimum Gasteiger partial charge on any atom is -0.399 e.